The van der Waals surface area contributed by atoms with Gasteiger partial charge in [0.2, 0.25) is 0 Å². The quantitative estimate of drug-likeness (QED) is 0.580. The van der Waals surface area contributed by atoms with Crippen molar-refractivity contribution in [2.45, 2.75) is 11.2 Å². The van der Waals surface area contributed by atoms with Gasteiger partial charge in [-0.1, -0.05) is 0 Å². The van der Waals surface area contributed by atoms with Crippen LogP contribution in [-0.4, -0.2) is 9.57 Å². The Kier molecular flexibility index (Phi) is 2.28. The summed E-state index contributed by atoms with van der Waals surface area (Å²) in [5.74, 6) is 0. The summed E-state index contributed by atoms with van der Waals surface area (Å²) >= 11 is -1.60. The first-order valence-electron chi connectivity index (χ1n) is 3.02. The topological polar surface area (TPSA) is 34.1 Å². The Morgan fingerprint density at radius 3 is 2.00 bits per heavy atom. The van der Waals surface area contributed by atoms with Crippen molar-refractivity contribution < 1.29 is 22.6 Å². The summed E-state index contributed by atoms with van der Waals surface area (Å²) in [5, 5.41) is 0. The summed E-state index contributed by atoms with van der Waals surface area (Å²) in [5.41, 5.74) is 0. The average molecular weight is 191 g/mol. The monoisotopic (exact) mass is 191 g/mol. The maximum absolute atomic E-state index is 10.3. The van der Waals surface area contributed by atoms with Gasteiger partial charge >= 0.3 is 67.7 Å². The molecule has 0 fully saturated rings. The van der Waals surface area contributed by atoms with Gasteiger partial charge in [-0.3, -0.25) is 0 Å². The maximum atomic E-state index is 10.3. The van der Waals surface area contributed by atoms with Gasteiger partial charge in [-0.05, 0) is 0 Å². The van der Waals surface area contributed by atoms with Crippen molar-refractivity contribution in [2.24, 2.45) is 0 Å². The van der Waals surface area contributed by atoms with Crippen molar-refractivity contribution in [1.29, 1.82) is 0 Å². The molecule has 0 spiro atoms. The molecule has 0 aromatic heterocycles. The van der Waals surface area contributed by atoms with Gasteiger partial charge < -0.3 is 0 Å². The molecular weight excluding hydrogens is 184 g/mol. The number of hydrogen-bond donors (Lipinski definition) is 0. The van der Waals surface area contributed by atoms with Crippen LogP contribution in [0.3, 0.4) is 0 Å². The van der Waals surface area contributed by atoms with E-state index in [1.165, 1.54) is 0 Å². The van der Waals surface area contributed by atoms with Crippen LogP contribution in [0.25, 0.3) is 0 Å². The summed E-state index contributed by atoms with van der Waals surface area (Å²) in [4.78, 5) is 24.1. The minimum absolute atomic E-state index is 0.413. The van der Waals surface area contributed by atoms with Gasteiger partial charge in [-0.15, -0.1) is 0 Å². The van der Waals surface area contributed by atoms with E-state index in [0.717, 1.165) is 0 Å². The molecule has 0 radical (unpaired) electrons. The average Bonchev–Trinajstić information content (AvgIpc) is 2.39. The van der Waals surface area contributed by atoms with Crippen LogP contribution in [0.5, 0.6) is 0 Å². The van der Waals surface area contributed by atoms with E-state index in [1.54, 1.807) is 9.57 Å². The first-order chi connectivity index (χ1) is 5.23. The van der Waals surface area contributed by atoms with Gasteiger partial charge in [0.1, 0.15) is 0 Å². The molecule has 3 heteroatoms. The molecule has 2 nitrogen and oxygen atoms in total. The van der Waals surface area contributed by atoms with Crippen LogP contribution in [0.1, 0.15) is 6.92 Å². The fourth-order valence-electron chi connectivity index (χ4n) is 0.826. The summed E-state index contributed by atoms with van der Waals surface area (Å²) in [6.45, 7) is 1.84. The molecule has 11 heavy (non-hydrogen) atoms. The van der Waals surface area contributed by atoms with E-state index < -0.39 is 17.3 Å². The van der Waals surface area contributed by atoms with Crippen LogP contribution in [-0.2, 0) is 22.6 Å². The third-order valence-corrected chi connectivity index (χ3v) is 3.48. The molecular formula is C8H7FeO2. The van der Waals surface area contributed by atoms with Crippen molar-refractivity contribution in [1.82, 2.24) is 0 Å². The molecule has 0 N–H and O–H groups in total. The Morgan fingerprint density at radius 1 is 1.18 bits per heavy atom. The van der Waals surface area contributed by atoms with E-state index in [-0.39, 0.29) is 0 Å². The predicted octanol–water partition coefficient (Wildman–Crippen LogP) is 1.04. The Morgan fingerprint density at radius 2 is 1.64 bits per heavy atom. The third kappa shape index (κ3) is 1.42. The normalized spacial score (nSPS) is 18.4. The molecule has 0 saturated carbocycles. The summed E-state index contributed by atoms with van der Waals surface area (Å²) < 4.78 is -0.413. The van der Waals surface area contributed by atoms with E-state index in [2.05, 4.69) is 0 Å². The number of allylic oxidation sites excluding steroid dienone is 4. The van der Waals surface area contributed by atoms with Gasteiger partial charge in [-0.2, -0.15) is 0 Å². The minimum atomic E-state index is -1.60. The Labute approximate surface area is 68.2 Å². The molecule has 0 unspecified atom stereocenters. The Bertz CT molecular complexity index is 318. The SMILES string of the molecule is C[C]1([Fe](=[C]=O)=[C]=O)C=CC=C1. The van der Waals surface area contributed by atoms with Crippen LogP contribution in [0, 0.1) is 0 Å². The molecule has 0 amide bonds. The number of carbonyl (C=O) groups excluding carboxylic acids is 2. The first-order valence-corrected chi connectivity index (χ1v) is 4.67. The molecule has 0 aromatic carbocycles. The molecule has 0 aliphatic heterocycles. The zero-order valence-electron chi connectivity index (χ0n) is 5.98. The van der Waals surface area contributed by atoms with Gasteiger partial charge in [0, 0.05) is 0 Å². The van der Waals surface area contributed by atoms with Crippen molar-refractivity contribution in [3.05, 3.63) is 24.3 Å². The fourth-order valence-corrected chi connectivity index (χ4v) is 1.94. The van der Waals surface area contributed by atoms with Crippen LogP contribution in [0.4, 0.5) is 0 Å². The second kappa shape index (κ2) is 3.04. The van der Waals surface area contributed by atoms with Crippen molar-refractivity contribution in [3.63, 3.8) is 0 Å². The molecule has 0 saturated heterocycles. The van der Waals surface area contributed by atoms with E-state index in [1.807, 2.05) is 31.2 Å². The third-order valence-electron chi connectivity index (χ3n) is 1.47. The van der Waals surface area contributed by atoms with Crippen LogP contribution >= 0.6 is 0 Å². The standard InChI is InChI=1S/C6H7.2CO.Fe/c1-6-4-2-3-5-6;2*1-2;/h2-5H,1H3;;;. The zero-order valence-corrected chi connectivity index (χ0v) is 7.08. The number of hydrogen-bond acceptors (Lipinski definition) is 2. The van der Waals surface area contributed by atoms with Gasteiger partial charge in [0.15, 0.2) is 0 Å². The summed E-state index contributed by atoms with van der Waals surface area (Å²) in [6, 6.07) is 0. The predicted molar refractivity (Wildman–Crippen MR) is 38.0 cm³/mol. The van der Waals surface area contributed by atoms with Crippen molar-refractivity contribution >= 4 is 9.57 Å². The molecule has 0 aromatic rings. The van der Waals surface area contributed by atoms with E-state index in [0.29, 0.717) is 0 Å². The van der Waals surface area contributed by atoms with Crippen LogP contribution in [0.15, 0.2) is 24.3 Å². The molecule has 0 heterocycles. The van der Waals surface area contributed by atoms with Crippen LogP contribution in [0.2, 0.25) is 4.31 Å². The summed E-state index contributed by atoms with van der Waals surface area (Å²) in [7, 11) is 0. The fraction of sp³-hybridized carbons (Fsp3) is 0.250. The van der Waals surface area contributed by atoms with E-state index in [9.17, 15) is 9.59 Å². The van der Waals surface area contributed by atoms with E-state index in [4.69, 9.17) is 0 Å². The molecule has 0 bridgehead atoms. The van der Waals surface area contributed by atoms with Crippen molar-refractivity contribution in [3.8, 4) is 0 Å². The molecule has 0 atom stereocenters. The second-order valence-electron chi connectivity index (χ2n) is 2.25. The van der Waals surface area contributed by atoms with Crippen LogP contribution < -0.4 is 0 Å². The number of rotatable bonds is 1. The second-order valence-corrected chi connectivity index (χ2v) is 4.72. The molecule has 1 rings (SSSR count). The Hall–Kier alpha value is -0.841. The molecule has 1 aliphatic rings. The summed E-state index contributed by atoms with van der Waals surface area (Å²) in [6.07, 6.45) is 7.33. The van der Waals surface area contributed by atoms with E-state index >= 15 is 0 Å². The van der Waals surface area contributed by atoms with Crippen molar-refractivity contribution in [2.75, 3.05) is 0 Å². The molecule has 1 aliphatic carbocycles. The van der Waals surface area contributed by atoms with Gasteiger partial charge in [0.05, 0.1) is 0 Å². The Balaban J connectivity index is 3.30. The van der Waals surface area contributed by atoms with Gasteiger partial charge in [0.25, 0.3) is 0 Å². The molecule has 59 valence electrons. The zero-order chi connectivity index (χ0) is 8.32. The van der Waals surface area contributed by atoms with Gasteiger partial charge in [-0.25, -0.2) is 0 Å². The first kappa shape index (κ1) is 8.26.